The summed E-state index contributed by atoms with van der Waals surface area (Å²) >= 11 is 0. The Hall–Kier alpha value is -1.96. The predicted molar refractivity (Wildman–Crippen MR) is 134 cm³/mol. The standard InChI is InChI=1S/C29H44O2/c1-11-28(7,8)18-30-26-20(3)13-24(14-21(26)4)17-25-15-22(5)27(23(6)16-25)31-19-29(9,10)12-2/h13-16H,11-12,17-19H2,1-10H3. The van der Waals surface area contributed by atoms with Gasteiger partial charge in [0, 0.05) is 0 Å². The Morgan fingerprint density at radius 1 is 0.581 bits per heavy atom. The van der Waals surface area contributed by atoms with Crippen LogP contribution >= 0.6 is 0 Å². The van der Waals surface area contributed by atoms with Crippen molar-refractivity contribution in [2.45, 2.75) is 88.5 Å². The molecule has 0 bridgehead atoms. The van der Waals surface area contributed by atoms with Crippen LogP contribution in [0, 0.1) is 38.5 Å². The van der Waals surface area contributed by atoms with Crippen LogP contribution < -0.4 is 9.47 Å². The quantitative estimate of drug-likeness (QED) is 0.383. The topological polar surface area (TPSA) is 18.5 Å². The summed E-state index contributed by atoms with van der Waals surface area (Å²) in [6.45, 7) is 23.6. The van der Waals surface area contributed by atoms with Gasteiger partial charge in [-0.05, 0) is 91.2 Å². The van der Waals surface area contributed by atoms with E-state index >= 15 is 0 Å². The van der Waals surface area contributed by atoms with E-state index in [2.05, 4.69) is 93.5 Å². The second kappa shape index (κ2) is 10.1. The van der Waals surface area contributed by atoms with Crippen molar-refractivity contribution in [2.24, 2.45) is 10.8 Å². The van der Waals surface area contributed by atoms with Crippen molar-refractivity contribution in [3.63, 3.8) is 0 Å². The first-order chi connectivity index (χ1) is 14.4. The van der Waals surface area contributed by atoms with Gasteiger partial charge in [-0.2, -0.15) is 0 Å². The average molecular weight is 425 g/mol. The Kier molecular flexibility index (Phi) is 8.25. The maximum Gasteiger partial charge on any atom is 0.125 e. The molecule has 2 rings (SSSR count). The highest BCUT2D eigenvalue weighted by Gasteiger charge is 2.19. The third kappa shape index (κ3) is 7.02. The Bertz CT molecular complexity index is 770. The second-order valence-corrected chi connectivity index (χ2v) is 10.9. The minimum Gasteiger partial charge on any atom is -0.492 e. The van der Waals surface area contributed by atoms with Crippen molar-refractivity contribution in [2.75, 3.05) is 13.2 Å². The first kappa shape index (κ1) is 25.3. The maximum absolute atomic E-state index is 6.23. The van der Waals surface area contributed by atoms with Crippen LogP contribution in [0.25, 0.3) is 0 Å². The van der Waals surface area contributed by atoms with Gasteiger partial charge in [-0.1, -0.05) is 65.8 Å². The van der Waals surface area contributed by atoms with Gasteiger partial charge in [0.2, 0.25) is 0 Å². The van der Waals surface area contributed by atoms with Crippen LogP contribution in [0.4, 0.5) is 0 Å². The molecule has 0 unspecified atom stereocenters. The molecule has 0 aliphatic heterocycles. The summed E-state index contributed by atoms with van der Waals surface area (Å²) in [5.41, 5.74) is 7.93. The van der Waals surface area contributed by atoms with Crippen LogP contribution in [0.3, 0.4) is 0 Å². The molecular weight excluding hydrogens is 380 g/mol. The summed E-state index contributed by atoms with van der Waals surface area (Å²) < 4.78 is 12.5. The minimum absolute atomic E-state index is 0.197. The van der Waals surface area contributed by atoms with Crippen LogP contribution in [-0.2, 0) is 6.42 Å². The number of rotatable bonds is 10. The third-order valence-electron chi connectivity index (χ3n) is 6.58. The van der Waals surface area contributed by atoms with Crippen LogP contribution in [0.1, 0.15) is 87.8 Å². The van der Waals surface area contributed by atoms with E-state index < -0.39 is 0 Å². The SMILES string of the molecule is CCC(C)(C)COc1c(C)cc(Cc2cc(C)c(OCC(C)(C)CC)c(C)c2)cc1C. The molecule has 0 aliphatic carbocycles. The van der Waals surface area contributed by atoms with E-state index in [9.17, 15) is 0 Å². The lowest BCUT2D eigenvalue weighted by Gasteiger charge is -2.25. The third-order valence-corrected chi connectivity index (χ3v) is 6.58. The zero-order valence-corrected chi connectivity index (χ0v) is 21.7. The van der Waals surface area contributed by atoms with Crippen molar-refractivity contribution in [1.29, 1.82) is 0 Å². The van der Waals surface area contributed by atoms with Gasteiger partial charge >= 0.3 is 0 Å². The molecule has 0 fully saturated rings. The molecule has 0 atom stereocenters. The smallest absolute Gasteiger partial charge is 0.125 e. The fourth-order valence-electron chi connectivity index (χ4n) is 3.71. The average Bonchev–Trinajstić information content (AvgIpc) is 2.66. The number of hydrogen-bond acceptors (Lipinski definition) is 2. The van der Waals surface area contributed by atoms with E-state index in [0.717, 1.165) is 44.0 Å². The summed E-state index contributed by atoms with van der Waals surface area (Å²) in [7, 11) is 0. The Morgan fingerprint density at radius 2 is 0.871 bits per heavy atom. The van der Waals surface area contributed by atoms with Crippen LogP contribution in [-0.4, -0.2) is 13.2 Å². The van der Waals surface area contributed by atoms with Gasteiger partial charge in [-0.3, -0.25) is 0 Å². The maximum atomic E-state index is 6.23. The van der Waals surface area contributed by atoms with E-state index in [1.807, 2.05) is 0 Å². The summed E-state index contributed by atoms with van der Waals surface area (Å²) in [4.78, 5) is 0. The van der Waals surface area contributed by atoms with Crippen molar-refractivity contribution in [3.05, 3.63) is 57.6 Å². The van der Waals surface area contributed by atoms with Gasteiger partial charge in [0.1, 0.15) is 11.5 Å². The molecule has 0 saturated carbocycles. The molecule has 0 radical (unpaired) electrons. The molecule has 0 saturated heterocycles. The Balaban J connectivity index is 2.17. The van der Waals surface area contributed by atoms with E-state index in [-0.39, 0.29) is 10.8 Å². The molecule has 2 aromatic carbocycles. The molecule has 0 heterocycles. The highest BCUT2D eigenvalue weighted by Crippen LogP contribution is 2.31. The number of benzene rings is 2. The van der Waals surface area contributed by atoms with Crippen molar-refractivity contribution in [3.8, 4) is 11.5 Å². The molecule has 0 spiro atoms. The highest BCUT2D eigenvalue weighted by atomic mass is 16.5. The van der Waals surface area contributed by atoms with Gasteiger partial charge in [-0.15, -0.1) is 0 Å². The summed E-state index contributed by atoms with van der Waals surface area (Å²) in [6, 6.07) is 9.11. The molecule has 0 amide bonds. The minimum atomic E-state index is 0.197. The summed E-state index contributed by atoms with van der Waals surface area (Å²) in [5, 5.41) is 0. The zero-order chi connectivity index (χ0) is 23.4. The van der Waals surface area contributed by atoms with E-state index in [1.54, 1.807) is 0 Å². The molecule has 0 aromatic heterocycles. The largest absolute Gasteiger partial charge is 0.492 e. The van der Waals surface area contributed by atoms with Gasteiger partial charge in [0.25, 0.3) is 0 Å². The van der Waals surface area contributed by atoms with E-state index in [1.165, 1.54) is 33.4 Å². The zero-order valence-electron chi connectivity index (χ0n) is 21.7. The van der Waals surface area contributed by atoms with Crippen molar-refractivity contribution < 1.29 is 9.47 Å². The lowest BCUT2D eigenvalue weighted by Crippen LogP contribution is -2.21. The number of hydrogen-bond donors (Lipinski definition) is 0. The van der Waals surface area contributed by atoms with Gasteiger partial charge in [0.15, 0.2) is 0 Å². The van der Waals surface area contributed by atoms with Crippen LogP contribution in [0.5, 0.6) is 11.5 Å². The van der Waals surface area contributed by atoms with Crippen molar-refractivity contribution in [1.82, 2.24) is 0 Å². The van der Waals surface area contributed by atoms with Crippen LogP contribution in [0.2, 0.25) is 0 Å². The fourth-order valence-corrected chi connectivity index (χ4v) is 3.71. The van der Waals surface area contributed by atoms with Crippen molar-refractivity contribution >= 4 is 0 Å². The van der Waals surface area contributed by atoms with E-state index in [0.29, 0.717) is 0 Å². The fraction of sp³-hybridized carbons (Fsp3) is 0.586. The summed E-state index contributed by atoms with van der Waals surface area (Å²) in [5.74, 6) is 2.08. The first-order valence-corrected chi connectivity index (χ1v) is 11.8. The molecule has 0 aliphatic rings. The lowest BCUT2D eigenvalue weighted by molar-refractivity contribution is 0.173. The van der Waals surface area contributed by atoms with Gasteiger partial charge in [-0.25, -0.2) is 0 Å². The molecule has 2 aromatic rings. The summed E-state index contributed by atoms with van der Waals surface area (Å²) in [6.07, 6.45) is 3.14. The van der Waals surface area contributed by atoms with Crippen LogP contribution in [0.15, 0.2) is 24.3 Å². The predicted octanol–water partition coefficient (Wildman–Crippen LogP) is 8.14. The second-order valence-electron chi connectivity index (χ2n) is 10.9. The Morgan fingerprint density at radius 3 is 1.13 bits per heavy atom. The molecular formula is C29H44O2. The molecule has 31 heavy (non-hydrogen) atoms. The van der Waals surface area contributed by atoms with Gasteiger partial charge < -0.3 is 9.47 Å². The molecule has 172 valence electrons. The highest BCUT2D eigenvalue weighted by molar-refractivity contribution is 5.47. The Labute approximate surface area is 191 Å². The molecule has 2 nitrogen and oxygen atoms in total. The van der Waals surface area contributed by atoms with E-state index in [4.69, 9.17) is 9.47 Å². The van der Waals surface area contributed by atoms with Gasteiger partial charge in [0.05, 0.1) is 13.2 Å². The number of aryl methyl sites for hydroxylation is 4. The molecule has 0 N–H and O–H groups in total. The lowest BCUT2D eigenvalue weighted by atomic mass is 9.91. The number of ether oxygens (including phenoxy) is 2. The first-order valence-electron chi connectivity index (χ1n) is 11.8. The monoisotopic (exact) mass is 424 g/mol. The molecule has 2 heteroatoms. The normalized spacial score (nSPS) is 12.2.